The Morgan fingerprint density at radius 1 is 1.08 bits per heavy atom. The molecule has 0 unspecified atom stereocenters. The minimum absolute atomic E-state index is 0.226. The van der Waals surface area contributed by atoms with Gasteiger partial charge in [0.15, 0.2) is 6.61 Å². The molecule has 1 aliphatic rings. The van der Waals surface area contributed by atoms with Gasteiger partial charge in [-0.1, -0.05) is 36.8 Å². The number of benzene rings is 1. The van der Waals surface area contributed by atoms with Crippen molar-refractivity contribution in [2.45, 2.75) is 38.5 Å². The van der Waals surface area contributed by atoms with Gasteiger partial charge in [-0.2, -0.15) is 0 Å². The van der Waals surface area contributed by atoms with E-state index in [1.165, 1.54) is 46.6 Å². The Morgan fingerprint density at radius 3 is 2.72 bits per heavy atom. The number of fused-ring (bicyclic) bond motifs is 1. The van der Waals surface area contributed by atoms with Crippen LogP contribution in [0.3, 0.4) is 0 Å². The fourth-order valence-corrected chi connectivity index (χ4v) is 4.16. The highest BCUT2D eigenvalue weighted by molar-refractivity contribution is 7.14. The third-order valence-corrected chi connectivity index (χ3v) is 5.58. The summed E-state index contributed by atoms with van der Waals surface area (Å²) in [5.41, 5.74) is 2.45. The van der Waals surface area contributed by atoms with Gasteiger partial charge in [-0.05, 0) is 49.3 Å². The van der Waals surface area contributed by atoms with Crippen molar-refractivity contribution in [3.05, 3.63) is 57.3 Å². The van der Waals surface area contributed by atoms with Gasteiger partial charge in [-0.3, -0.25) is 4.79 Å². The molecule has 1 aliphatic carbocycles. The van der Waals surface area contributed by atoms with Crippen LogP contribution in [-0.4, -0.2) is 25.0 Å². The van der Waals surface area contributed by atoms with Crippen LogP contribution in [-0.2, 0) is 28.8 Å². The fraction of sp³-hybridized carbons (Fsp3) is 0.400. The van der Waals surface area contributed by atoms with Crippen molar-refractivity contribution in [2.75, 3.05) is 13.2 Å². The summed E-state index contributed by atoms with van der Waals surface area (Å²) in [6, 6.07) is 11.9. The van der Waals surface area contributed by atoms with Crippen LogP contribution in [0, 0.1) is 0 Å². The van der Waals surface area contributed by atoms with Gasteiger partial charge in [0.1, 0.15) is 4.88 Å². The monoisotopic (exact) mass is 357 g/mol. The van der Waals surface area contributed by atoms with Gasteiger partial charge in [0.05, 0.1) is 0 Å². The number of aryl methyl sites for hydroxylation is 2. The van der Waals surface area contributed by atoms with Crippen molar-refractivity contribution in [3.63, 3.8) is 0 Å². The zero-order chi connectivity index (χ0) is 17.5. The minimum Gasteiger partial charge on any atom is -0.451 e. The second-order valence-electron chi connectivity index (χ2n) is 6.28. The highest BCUT2D eigenvalue weighted by Gasteiger charge is 2.18. The number of carbonyl (C=O) groups is 2. The topological polar surface area (TPSA) is 55.4 Å². The third kappa shape index (κ3) is 5.16. The average Bonchev–Trinajstić information content (AvgIpc) is 2.91. The molecule has 0 fully saturated rings. The lowest BCUT2D eigenvalue weighted by atomic mass is 10.1. The fourth-order valence-electron chi connectivity index (χ4n) is 3.01. The first-order valence-electron chi connectivity index (χ1n) is 8.82. The molecule has 0 radical (unpaired) electrons. The third-order valence-electron chi connectivity index (χ3n) is 4.36. The van der Waals surface area contributed by atoms with Gasteiger partial charge in [-0.15, -0.1) is 11.3 Å². The Hall–Kier alpha value is -2.14. The predicted octanol–water partition coefficient (Wildman–Crippen LogP) is 3.53. The number of nitrogens with one attached hydrogen (secondary N) is 1. The van der Waals surface area contributed by atoms with Gasteiger partial charge in [0, 0.05) is 11.4 Å². The summed E-state index contributed by atoms with van der Waals surface area (Å²) in [6.45, 7) is 0.309. The van der Waals surface area contributed by atoms with Gasteiger partial charge in [0.25, 0.3) is 5.91 Å². The van der Waals surface area contributed by atoms with E-state index in [9.17, 15) is 9.59 Å². The minimum atomic E-state index is -0.392. The van der Waals surface area contributed by atoms with E-state index in [2.05, 4.69) is 5.32 Å². The van der Waals surface area contributed by atoms with Crippen LogP contribution in [0.4, 0.5) is 0 Å². The molecule has 0 spiro atoms. The Bertz CT molecular complexity index is 700. The number of rotatable bonds is 6. The highest BCUT2D eigenvalue weighted by Crippen LogP contribution is 2.29. The number of hydrogen-bond donors (Lipinski definition) is 1. The van der Waals surface area contributed by atoms with Crippen LogP contribution in [0.1, 0.15) is 44.9 Å². The summed E-state index contributed by atoms with van der Waals surface area (Å²) in [5.74, 6) is -0.654. The van der Waals surface area contributed by atoms with E-state index < -0.39 is 5.97 Å². The Morgan fingerprint density at radius 2 is 1.88 bits per heavy atom. The number of esters is 1. The average molecular weight is 357 g/mol. The quantitative estimate of drug-likeness (QED) is 0.636. The van der Waals surface area contributed by atoms with Crippen LogP contribution in [0.25, 0.3) is 0 Å². The van der Waals surface area contributed by atoms with Crippen LogP contribution >= 0.6 is 11.3 Å². The maximum absolute atomic E-state index is 12.2. The largest absolute Gasteiger partial charge is 0.451 e. The molecular weight excluding hydrogens is 334 g/mol. The number of carbonyl (C=O) groups excluding carboxylic acids is 2. The summed E-state index contributed by atoms with van der Waals surface area (Å²) in [5, 5.41) is 2.78. The first-order chi connectivity index (χ1) is 12.2. The Kier molecular flexibility index (Phi) is 6.23. The molecule has 1 heterocycles. The van der Waals surface area contributed by atoms with Crippen molar-refractivity contribution in [1.82, 2.24) is 5.32 Å². The lowest BCUT2D eigenvalue weighted by Crippen LogP contribution is -2.30. The first-order valence-corrected chi connectivity index (χ1v) is 9.63. The summed E-state index contributed by atoms with van der Waals surface area (Å²) >= 11 is 1.52. The molecule has 25 heavy (non-hydrogen) atoms. The number of hydrogen-bond acceptors (Lipinski definition) is 4. The van der Waals surface area contributed by atoms with Crippen LogP contribution in [0.15, 0.2) is 36.4 Å². The predicted molar refractivity (Wildman–Crippen MR) is 99.0 cm³/mol. The van der Waals surface area contributed by atoms with E-state index in [0.29, 0.717) is 11.4 Å². The molecular formula is C20H23NO3S. The summed E-state index contributed by atoms with van der Waals surface area (Å²) < 4.78 is 5.16. The maximum Gasteiger partial charge on any atom is 0.348 e. The van der Waals surface area contributed by atoms with E-state index in [4.69, 9.17) is 4.74 Å². The number of amides is 1. The van der Waals surface area contributed by atoms with Gasteiger partial charge < -0.3 is 10.1 Å². The summed E-state index contributed by atoms with van der Waals surface area (Å²) in [6.07, 6.45) is 6.47. The van der Waals surface area contributed by atoms with Crippen LogP contribution < -0.4 is 5.32 Å². The molecule has 1 aromatic carbocycles. The van der Waals surface area contributed by atoms with Crippen LogP contribution in [0.5, 0.6) is 0 Å². The standard InChI is InChI=1S/C20H23NO3S/c22-19(21-12-11-15-7-3-1-4-8-15)14-24-20(23)18-13-16-9-5-2-6-10-17(16)25-18/h1,3-4,7-8,13H,2,5-6,9-12,14H2,(H,21,22). The zero-order valence-electron chi connectivity index (χ0n) is 14.3. The second-order valence-corrected chi connectivity index (χ2v) is 7.42. The van der Waals surface area contributed by atoms with Crippen molar-refractivity contribution < 1.29 is 14.3 Å². The maximum atomic E-state index is 12.2. The first kappa shape index (κ1) is 17.7. The lowest BCUT2D eigenvalue weighted by Gasteiger charge is -2.06. The van der Waals surface area contributed by atoms with Crippen molar-refractivity contribution in [3.8, 4) is 0 Å². The molecule has 0 aliphatic heterocycles. The van der Waals surface area contributed by atoms with E-state index in [-0.39, 0.29) is 12.5 Å². The SMILES string of the molecule is O=C(COC(=O)c1cc2c(s1)CCCCC2)NCCc1ccccc1. The molecule has 3 rings (SSSR count). The summed E-state index contributed by atoms with van der Waals surface area (Å²) in [4.78, 5) is 25.9. The molecule has 1 aromatic heterocycles. The molecule has 132 valence electrons. The molecule has 1 N–H and O–H groups in total. The smallest absolute Gasteiger partial charge is 0.348 e. The van der Waals surface area contributed by atoms with E-state index in [1.807, 2.05) is 36.4 Å². The molecule has 0 bridgehead atoms. The lowest BCUT2D eigenvalue weighted by molar-refractivity contribution is -0.124. The number of ether oxygens (including phenoxy) is 1. The Labute approximate surface area is 152 Å². The zero-order valence-corrected chi connectivity index (χ0v) is 15.1. The van der Waals surface area contributed by atoms with Crippen molar-refractivity contribution >= 4 is 23.2 Å². The van der Waals surface area contributed by atoms with Gasteiger partial charge >= 0.3 is 5.97 Å². The molecule has 5 heteroatoms. The molecule has 0 saturated heterocycles. The molecule has 0 atom stereocenters. The molecule has 2 aromatic rings. The molecule has 1 amide bonds. The van der Waals surface area contributed by atoms with E-state index >= 15 is 0 Å². The normalized spacial score (nSPS) is 13.6. The highest BCUT2D eigenvalue weighted by atomic mass is 32.1. The molecule has 0 saturated carbocycles. The van der Waals surface area contributed by atoms with Crippen molar-refractivity contribution in [2.24, 2.45) is 0 Å². The summed E-state index contributed by atoms with van der Waals surface area (Å²) in [7, 11) is 0. The molecule has 4 nitrogen and oxygen atoms in total. The van der Waals surface area contributed by atoms with Gasteiger partial charge in [0.2, 0.25) is 0 Å². The van der Waals surface area contributed by atoms with E-state index in [0.717, 1.165) is 19.3 Å². The Balaban J connectivity index is 1.42. The number of thiophene rings is 1. The van der Waals surface area contributed by atoms with Gasteiger partial charge in [-0.25, -0.2) is 4.79 Å². The van der Waals surface area contributed by atoms with Crippen LogP contribution in [0.2, 0.25) is 0 Å². The van der Waals surface area contributed by atoms with Crippen molar-refractivity contribution in [1.29, 1.82) is 0 Å². The second kappa shape index (κ2) is 8.81. The van der Waals surface area contributed by atoms with E-state index in [1.54, 1.807) is 0 Å².